The average Bonchev–Trinajstić information content (AvgIpc) is 3.33. The third-order valence-corrected chi connectivity index (χ3v) is 5.05. The first kappa shape index (κ1) is 18.0. The predicted octanol–water partition coefficient (Wildman–Crippen LogP) is 4.80. The highest BCUT2D eigenvalue weighted by Gasteiger charge is 2.06. The SMILES string of the molecule is Cc1cc(-c2ccc(CNc3nccc4cc(-n5ccnc5)ncc34)cc2)ccn1. The van der Waals surface area contributed by atoms with Crippen LogP contribution in [0.4, 0.5) is 5.82 Å². The summed E-state index contributed by atoms with van der Waals surface area (Å²) in [5.41, 5.74) is 4.57. The molecule has 0 radical (unpaired) electrons. The van der Waals surface area contributed by atoms with Crippen molar-refractivity contribution in [1.82, 2.24) is 24.5 Å². The lowest BCUT2D eigenvalue weighted by Crippen LogP contribution is -2.02. The molecule has 0 aliphatic heterocycles. The van der Waals surface area contributed by atoms with E-state index < -0.39 is 0 Å². The summed E-state index contributed by atoms with van der Waals surface area (Å²) in [4.78, 5) is 17.4. The second-order valence-electron chi connectivity index (χ2n) is 7.13. The van der Waals surface area contributed by atoms with Crippen molar-refractivity contribution in [3.63, 3.8) is 0 Å². The zero-order chi connectivity index (χ0) is 20.3. The van der Waals surface area contributed by atoms with E-state index in [4.69, 9.17) is 0 Å². The van der Waals surface area contributed by atoms with Gasteiger partial charge in [-0.2, -0.15) is 0 Å². The largest absolute Gasteiger partial charge is 0.365 e. The van der Waals surface area contributed by atoms with Crippen molar-refractivity contribution in [2.24, 2.45) is 0 Å². The highest BCUT2D eigenvalue weighted by atomic mass is 15.1. The number of hydrogen-bond donors (Lipinski definition) is 1. The topological polar surface area (TPSA) is 68.5 Å². The lowest BCUT2D eigenvalue weighted by atomic mass is 10.0. The van der Waals surface area contributed by atoms with Gasteiger partial charge < -0.3 is 5.32 Å². The summed E-state index contributed by atoms with van der Waals surface area (Å²) >= 11 is 0. The number of aryl methyl sites for hydroxylation is 1. The van der Waals surface area contributed by atoms with Crippen molar-refractivity contribution in [2.45, 2.75) is 13.5 Å². The number of anilines is 1. The Morgan fingerprint density at radius 2 is 1.73 bits per heavy atom. The van der Waals surface area contributed by atoms with Crippen LogP contribution in [-0.2, 0) is 6.54 Å². The molecule has 6 heteroatoms. The van der Waals surface area contributed by atoms with Crippen molar-refractivity contribution >= 4 is 16.6 Å². The summed E-state index contributed by atoms with van der Waals surface area (Å²) < 4.78 is 1.89. The molecule has 0 fully saturated rings. The lowest BCUT2D eigenvalue weighted by Gasteiger charge is -2.10. The van der Waals surface area contributed by atoms with Crippen molar-refractivity contribution in [3.8, 4) is 16.9 Å². The van der Waals surface area contributed by atoms with E-state index in [1.165, 1.54) is 16.7 Å². The maximum absolute atomic E-state index is 4.56. The van der Waals surface area contributed by atoms with Crippen LogP contribution in [0.1, 0.15) is 11.3 Å². The van der Waals surface area contributed by atoms with Gasteiger partial charge in [0.05, 0.1) is 0 Å². The molecule has 0 atom stereocenters. The third-order valence-electron chi connectivity index (χ3n) is 5.05. The van der Waals surface area contributed by atoms with Crippen LogP contribution in [0.5, 0.6) is 0 Å². The number of aromatic nitrogens is 5. The first-order valence-electron chi connectivity index (χ1n) is 9.75. The molecule has 1 N–H and O–H groups in total. The van der Waals surface area contributed by atoms with Crippen LogP contribution in [0.15, 0.2) is 85.8 Å². The zero-order valence-electron chi connectivity index (χ0n) is 16.5. The van der Waals surface area contributed by atoms with Gasteiger partial charge in [-0.3, -0.25) is 9.55 Å². The normalized spacial score (nSPS) is 11.0. The Hall–Kier alpha value is -4.06. The number of imidazole rings is 1. The highest BCUT2D eigenvalue weighted by Crippen LogP contribution is 2.24. The summed E-state index contributed by atoms with van der Waals surface area (Å²) in [6.07, 6.45) is 10.9. The Kier molecular flexibility index (Phi) is 4.65. The third kappa shape index (κ3) is 3.63. The maximum atomic E-state index is 4.56. The van der Waals surface area contributed by atoms with Gasteiger partial charge in [0.2, 0.25) is 0 Å². The molecule has 4 heterocycles. The second-order valence-corrected chi connectivity index (χ2v) is 7.13. The highest BCUT2D eigenvalue weighted by molar-refractivity contribution is 5.91. The summed E-state index contributed by atoms with van der Waals surface area (Å²) in [5.74, 6) is 1.66. The molecule has 6 nitrogen and oxygen atoms in total. The summed E-state index contributed by atoms with van der Waals surface area (Å²) in [7, 11) is 0. The molecule has 4 aromatic heterocycles. The van der Waals surface area contributed by atoms with Crippen LogP contribution in [0.25, 0.3) is 27.7 Å². The Balaban J connectivity index is 1.35. The fraction of sp³-hybridized carbons (Fsp3) is 0.0833. The summed E-state index contributed by atoms with van der Waals surface area (Å²) in [6.45, 7) is 2.69. The molecule has 30 heavy (non-hydrogen) atoms. The van der Waals surface area contributed by atoms with Crippen LogP contribution < -0.4 is 5.32 Å². The monoisotopic (exact) mass is 392 g/mol. The number of fused-ring (bicyclic) bond motifs is 1. The average molecular weight is 392 g/mol. The van der Waals surface area contributed by atoms with E-state index in [-0.39, 0.29) is 0 Å². The van der Waals surface area contributed by atoms with Crippen molar-refractivity contribution in [3.05, 3.63) is 97.1 Å². The van der Waals surface area contributed by atoms with Crippen LogP contribution in [0.2, 0.25) is 0 Å². The standard InChI is InChI=1S/C24H20N6/c1-17-12-20(6-8-26-17)19-4-2-18(3-5-19)14-29-24-22-15-28-23(30-11-10-25-16-30)13-21(22)7-9-27-24/h2-13,15-16H,14H2,1H3,(H,27,29). The molecule has 0 aliphatic rings. The van der Waals surface area contributed by atoms with Crippen LogP contribution in [0.3, 0.4) is 0 Å². The fourth-order valence-corrected chi connectivity index (χ4v) is 3.46. The van der Waals surface area contributed by atoms with E-state index in [0.717, 1.165) is 28.1 Å². The van der Waals surface area contributed by atoms with Gasteiger partial charge in [-0.05, 0) is 53.3 Å². The Labute approximate surface area is 174 Å². The maximum Gasteiger partial charge on any atom is 0.138 e. The van der Waals surface area contributed by atoms with Gasteiger partial charge >= 0.3 is 0 Å². The van der Waals surface area contributed by atoms with Gasteiger partial charge in [0.1, 0.15) is 18.0 Å². The smallest absolute Gasteiger partial charge is 0.138 e. The van der Waals surface area contributed by atoms with Gasteiger partial charge in [-0.15, -0.1) is 0 Å². The number of nitrogens with zero attached hydrogens (tertiary/aromatic N) is 5. The fourth-order valence-electron chi connectivity index (χ4n) is 3.46. The van der Waals surface area contributed by atoms with Crippen molar-refractivity contribution in [1.29, 1.82) is 0 Å². The Bertz CT molecular complexity index is 1290. The van der Waals surface area contributed by atoms with Crippen LogP contribution in [0, 0.1) is 6.92 Å². The van der Waals surface area contributed by atoms with E-state index in [0.29, 0.717) is 6.54 Å². The molecule has 0 saturated heterocycles. The zero-order valence-corrected chi connectivity index (χ0v) is 16.5. The van der Waals surface area contributed by atoms with Crippen LogP contribution in [-0.4, -0.2) is 24.5 Å². The van der Waals surface area contributed by atoms with Crippen molar-refractivity contribution in [2.75, 3.05) is 5.32 Å². The minimum atomic E-state index is 0.686. The minimum Gasteiger partial charge on any atom is -0.365 e. The molecular weight excluding hydrogens is 372 g/mol. The first-order chi connectivity index (χ1) is 14.8. The van der Waals surface area contributed by atoms with Gasteiger partial charge in [-0.1, -0.05) is 24.3 Å². The van der Waals surface area contributed by atoms with Crippen molar-refractivity contribution < 1.29 is 0 Å². The minimum absolute atomic E-state index is 0.686. The number of benzene rings is 1. The van der Waals surface area contributed by atoms with Gasteiger partial charge in [0, 0.05) is 48.6 Å². The van der Waals surface area contributed by atoms with E-state index in [1.54, 1.807) is 12.5 Å². The summed E-state index contributed by atoms with van der Waals surface area (Å²) in [6, 6.07) is 16.7. The van der Waals surface area contributed by atoms with Gasteiger partial charge in [0.25, 0.3) is 0 Å². The number of nitrogens with one attached hydrogen (secondary N) is 1. The molecular formula is C24H20N6. The molecule has 0 unspecified atom stereocenters. The Morgan fingerprint density at radius 3 is 2.53 bits per heavy atom. The Morgan fingerprint density at radius 1 is 0.867 bits per heavy atom. The molecule has 5 rings (SSSR count). The number of rotatable bonds is 5. The number of pyridine rings is 3. The van der Waals surface area contributed by atoms with Gasteiger partial charge in [-0.25, -0.2) is 15.0 Å². The van der Waals surface area contributed by atoms with Gasteiger partial charge in [0.15, 0.2) is 0 Å². The van der Waals surface area contributed by atoms with E-state index in [9.17, 15) is 0 Å². The van der Waals surface area contributed by atoms with E-state index in [1.807, 2.05) is 54.5 Å². The molecule has 1 aromatic carbocycles. The number of hydrogen-bond acceptors (Lipinski definition) is 5. The predicted molar refractivity (Wildman–Crippen MR) is 118 cm³/mol. The molecule has 5 aromatic rings. The summed E-state index contributed by atoms with van der Waals surface area (Å²) in [5, 5.41) is 5.52. The quantitative estimate of drug-likeness (QED) is 0.465. The molecule has 0 amide bonds. The van der Waals surface area contributed by atoms with E-state index >= 15 is 0 Å². The van der Waals surface area contributed by atoms with E-state index in [2.05, 4.69) is 55.6 Å². The first-order valence-corrected chi connectivity index (χ1v) is 9.75. The molecule has 0 bridgehead atoms. The molecule has 0 aliphatic carbocycles. The molecule has 0 saturated carbocycles. The lowest BCUT2D eigenvalue weighted by molar-refractivity contribution is 0.998. The molecule has 146 valence electrons. The second kappa shape index (κ2) is 7.75. The molecule has 0 spiro atoms. The van der Waals surface area contributed by atoms with Crippen LogP contribution >= 0.6 is 0 Å².